The van der Waals surface area contributed by atoms with Crippen molar-refractivity contribution in [3.8, 4) is 0 Å². The van der Waals surface area contributed by atoms with Gasteiger partial charge in [0.25, 0.3) is 0 Å². The van der Waals surface area contributed by atoms with E-state index in [0.717, 1.165) is 39.0 Å². The average molecular weight is 255 g/mol. The molecule has 0 aromatic carbocycles. The lowest BCUT2D eigenvalue weighted by atomic mass is 9.83. The second kappa shape index (κ2) is 6.53. The molecule has 0 aromatic heterocycles. The van der Waals surface area contributed by atoms with E-state index in [9.17, 15) is 4.79 Å². The van der Waals surface area contributed by atoms with E-state index in [1.165, 1.54) is 0 Å². The SMILES string of the molecule is CC(=O)NCC1CCN(C(CN)C(C)(C)C)CC1. The summed E-state index contributed by atoms with van der Waals surface area (Å²) in [6.45, 7) is 12.1. The lowest BCUT2D eigenvalue weighted by molar-refractivity contribution is -0.119. The fraction of sp³-hybridized carbons (Fsp3) is 0.929. The van der Waals surface area contributed by atoms with E-state index in [-0.39, 0.29) is 11.3 Å². The highest BCUT2D eigenvalue weighted by Crippen LogP contribution is 2.27. The molecular weight excluding hydrogens is 226 g/mol. The van der Waals surface area contributed by atoms with E-state index in [0.29, 0.717) is 12.0 Å². The number of rotatable bonds is 4. The normalized spacial score (nSPS) is 20.7. The third kappa shape index (κ3) is 4.58. The lowest BCUT2D eigenvalue weighted by Crippen LogP contribution is -2.52. The second-order valence-corrected chi connectivity index (χ2v) is 6.53. The number of amides is 1. The first kappa shape index (κ1) is 15.4. The van der Waals surface area contributed by atoms with Crippen LogP contribution in [0.3, 0.4) is 0 Å². The van der Waals surface area contributed by atoms with Gasteiger partial charge >= 0.3 is 0 Å². The van der Waals surface area contributed by atoms with Crippen LogP contribution in [0.5, 0.6) is 0 Å². The molecule has 0 spiro atoms. The van der Waals surface area contributed by atoms with Crippen molar-refractivity contribution in [2.75, 3.05) is 26.2 Å². The number of nitrogens with zero attached hydrogens (tertiary/aromatic N) is 1. The molecule has 4 heteroatoms. The van der Waals surface area contributed by atoms with Gasteiger partial charge in [-0.1, -0.05) is 20.8 Å². The Balaban J connectivity index is 2.40. The summed E-state index contributed by atoms with van der Waals surface area (Å²) in [6, 6.07) is 0.458. The van der Waals surface area contributed by atoms with Crippen LogP contribution in [-0.4, -0.2) is 43.0 Å². The molecular formula is C14H29N3O. The number of hydrogen-bond donors (Lipinski definition) is 2. The molecule has 0 aromatic rings. The molecule has 0 saturated carbocycles. The van der Waals surface area contributed by atoms with Gasteiger partial charge < -0.3 is 11.1 Å². The Hall–Kier alpha value is -0.610. The molecule has 1 aliphatic rings. The molecule has 4 nitrogen and oxygen atoms in total. The maximum absolute atomic E-state index is 10.9. The van der Waals surface area contributed by atoms with E-state index in [4.69, 9.17) is 5.73 Å². The summed E-state index contributed by atoms with van der Waals surface area (Å²) >= 11 is 0. The van der Waals surface area contributed by atoms with Crippen molar-refractivity contribution in [3.63, 3.8) is 0 Å². The maximum atomic E-state index is 10.9. The van der Waals surface area contributed by atoms with Crippen LogP contribution in [0, 0.1) is 11.3 Å². The number of carbonyl (C=O) groups is 1. The molecule has 1 heterocycles. The highest BCUT2D eigenvalue weighted by Gasteiger charge is 2.31. The Morgan fingerprint density at radius 2 is 1.94 bits per heavy atom. The largest absolute Gasteiger partial charge is 0.356 e. The van der Waals surface area contributed by atoms with E-state index < -0.39 is 0 Å². The molecule has 1 amide bonds. The fourth-order valence-electron chi connectivity index (χ4n) is 2.81. The van der Waals surface area contributed by atoms with E-state index in [2.05, 4.69) is 31.0 Å². The van der Waals surface area contributed by atoms with E-state index in [1.807, 2.05) is 0 Å². The van der Waals surface area contributed by atoms with Gasteiger partial charge in [0.2, 0.25) is 5.91 Å². The van der Waals surface area contributed by atoms with Crippen molar-refractivity contribution < 1.29 is 4.79 Å². The Morgan fingerprint density at radius 3 is 2.33 bits per heavy atom. The van der Waals surface area contributed by atoms with Gasteiger partial charge in [0.05, 0.1) is 0 Å². The van der Waals surface area contributed by atoms with Crippen molar-refractivity contribution in [3.05, 3.63) is 0 Å². The standard InChI is InChI=1S/C14H29N3O/c1-11(18)16-10-12-5-7-17(8-6-12)13(9-15)14(2,3)4/h12-13H,5-10,15H2,1-4H3,(H,16,18). The van der Waals surface area contributed by atoms with Gasteiger partial charge in [-0.25, -0.2) is 0 Å². The van der Waals surface area contributed by atoms with Crippen LogP contribution in [0.2, 0.25) is 0 Å². The number of piperidine rings is 1. The van der Waals surface area contributed by atoms with Crippen LogP contribution < -0.4 is 11.1 Å². The first-order valence-corrected chi connectivity index (χ1v) is 7.03. The summed E-state index contributed by atoms with van der Waals surface area (Å²) in [5.41, 5.74) is 6.16. The van der Waals surface area contributed by atoms with Crippen LogP contribution >= 0.6 is 0 Å². The van der Waals surface area contributed by atoms with Gasteiger partial charge in [-0.2, -0.15) is 0 Å². The first-order chi connectivity index (χ1) is 8.34. The summed E-state index contributed by atoms with van der Waals surface area (Å²) in [7, 11) is 0. The van der Waals surface area contributed by atoms with Gasteiger partial charge in [0, 0.05) is 26.1 Å². The number of hydrogen-bond acceptors (Lipinski definition) is 3. The van der Waals surface area contributed by atoms with Gasteiger partial charge in [-0.3, -0.25) is 9.69 Å². The van der Waals surface area contributed by atoms with Crippen LogP contribution in [-0.2, 0) is 4.79 Å². The molecule has 0 aliphatic carbocycles. The minimum absolute atomic E-state index is 0.0759. The van der Waals surface area contributed by atoms with Gasteiger partial charge in [0.1, 0.15) is 0 Å². The molecule has 1 fully saturated rings. The molecule has 106 valence electrons. The molecule has 0 radical (unpaired) electrons. The zero-order valence-electron chi connectivity index (χ0n) is 12.3. The van der Waals surface area contributed by atoms with Crippen molar-refractivity contribution >= 4 is 5.91 Å². The average Bonchev–Trinajstić information content (AvgIpc) is 2.27. The van der Waals surface area contributed by atoms with Crippen molar-refractivity contribution in [2.45, 2.75) is 46.6 Å². The molecule has 1 rings (SSSR count). The Kier molecular flexibility index (Phi) is 5.60. The molecule has 18 heavy (non-hydrogen) atoms. The van der Waals surface area contributed by atoms with Crippen molar-refractivity contribution in [1.82, 2.24) is 10.2 Å². The summed E-state index contributed by atoms with van der Waals surface area (Å²) in [5.74, 6) is 0.704. The lowest BCUT2D eigenvalue weighted by Gasteiger charge is -2.43. The molecule has 1 unspecified atom stereocenters. The number of nitrogens with two attached hydrogens (primary N) is 1. The topological polar surface area (TPSA) is 58.4 Å². The highest BCUT2D eigenvalue weighted by atomic mass is 16.1. The molecule has 1 aliphatic heterocycles. The summed E-state index contributed by atoms with van der Waals surface area (Å²) in [6.07, 6.45) is 2.32. The Morgan fingerprint density at radius 1 is 1.39 bits per heavy atom. The number of carbonyl (C=O) groups excluding carboxylic acids is 1. The molecule has 1 saturated heterocycles. The third-order valence-corrected chi connectivity index (χ3v) is 3.95. The zero-order chi connectivity index (χ0) is 13.8. The molecule has 0 bridgehead atoms. The Bertz CT molecular complexity index is 265. The number of nitrogens with one attached hydrogen (secondary N) is 1. The van der Waals surface area contributed by atoms with Crippen LogP contribution in [0.15, 0.2) is 0 Å². The van der Waals surface area contributed by atoms with Gasteiger partial charge in [0.15, 0.2) is 0 Å². The van der Waals surface area contributed by atoms with Gasteiger partial charge in [-0.15, -0.1) is 0 Å². The summed E-state index contributed by atoms with van der Waals surface area (Å²) in [5, 5.41) is 2.92. The predicted octanol–water partition coefficient (Wildman–Crippen LogP) is 1.21. The van der Waals surface area contributed by atoms with E-state index in [1.54, 1.807) is 6.92 Å². The Labute approximate surface area is 111 Å². The smallest absolute Gasteiger partial charge is 0.216 e. The minimum atomic E-state index is 0.0759. The zero-order valence-corrected chi connectivity index (χ0v) is 12.3. The predicted molar refractivity (Wildman–Crippen MR) is 75.3 cm³/mol. The fourth-order valence-corrected chi connectivity index (χ4v) is 2.81. The first-order valence-electron chi connectivity index (χ1n) is 7.03. The number of likely N-dealkylation sites (tertiary alicyclic amines) is 1. The second-order valence-electron chi connectivity index (χ2n) is 6.53. The minimum Gasteiger partial charge on any atom is -0.356 e. The molecule has 1 atom stereocenters. The molecule has 3 N–H and O–H groups in total. The van der Waals surface area contributed by atoms with E-state index >= 15 is 0 Å². The quantitative estimate of drug-likeness (QED) is 0.794. The van der Waals surface area contributed by atoms with Gasteiger partial charge in [-0.05, 0) is 37.3 Å². The van der Waals surface area contributed by atoms with Crippen LogP contribution in [0.25, 0.3) is 0 Å². The van der Waals surface area contributed by atoms with Crippen molar-refractivity contribution in [1.29, 1.82) is 0 Å². The highest BCUT2D eigenvalue weighted by molar-refractivity contribution is 5.72. The summed E-state index contributed by atoms with van der Waals surface area (Å²) in [4.78, 5) is 13.4. The monoisotopic (exact) mass is 255 g/mol. The van der Waals surface area contributed by atoms with Crippen molar-refractivity contribution in [2.24, 2.45) is 17.1 Å². The summed E-state index contributed by atoms with van der Waals surface area (Å²) < 4.78 is 0. The van der Waals surface area contributed by atoms with Crippen LogP contribution in [0.4, 0.5) is 0 Å². The maximum Gasteiger partial charge on any atom is 0.216 e. The van der Waals surface area contributed by atoms with Crippen LogP contribution in [0.1, 0.15) is 40.5 Å². The third-order valence-electron chi connectivity index (χ3n) is 3.95.